The van der Waals surface area contributed by atoms with Gasteiger partial charge in [0.2, 0.25) is 5.91 Å². The second-order valence-corrected chi connectivity index (χ2v) is 7.24. The van der Waals surface area contributed by atoms with E-state index in [2.05, 4.69) is 4.90 Å². The van der Waals surface area contributed by atoms with E-state index in [9.17, 15) is 4.79 Å². The number of morpholine rings is 1. The molecule has 1 amide bonds. The molecule has 2 heterocycles. The van der Waals surface area contributed by atoms with E-state index in [0.29, 0.717) is 5.92 Å². The van der Waals surface area contributed by atoms with Crippen LogP contribution in [0.4, 0.5) is 0 Å². The molecule has 2 aliphatic heterocycles. The summed E-state index contributed by atoms with van der Waals surface area (Å²) in [5.74, 6) is 1.65. The number of piperidine rings is 1. The summed E-state index contributed by atoms with van der Waals surface area (Å²) in [6.07, 6.45) is 3.96. The Morgan fingerprint density at radius 1 is 1.15 bits per heavy atom. The minimum absolute atomic E-state index is 0.128. The van der Waals surface area contributed by atoms with Crippen LogP contribution < -0.4 is 4.74 Å². The SMILES string of the molecule is COc1ccc(/C(C)=C/C(=O)N2CCC(CN3CCOCC3)CC2)cc1. The molecule has 0 aliphatic carbocycles. The molecule has 26 heavy (non-hydrogen) atoms. The molecule has 0 atom stereocenters. The van der Waals surface area contributed by atoms with Crippen molar-refractivity contribution in [1.29, 1.82) is 0 Å². The predicted molar refractivity (Wildman–Crippen MR) is 103 cm³/mol. The molecular formula is C21H30N2O3. The monoisotopic (exact) mass is 358 g/mol. The van der Waals surface area contributed by atoms with Crippen LogP contribution >= 0.6 is 0 Å². The Bertz CT molecular complexity index is 613. The van der Waals surface area contributed by atoms with Crippen molar-refractivity contribution >= 4 is 11.5 Å². The third-order valence-electron chi connectivity index (χ3n) is 5.43. The second kappa shape index (κ2) is 9.19. The van der Waals surface area contributed by atoms with Crippen LogP contribution in [0.25, 0.3) is 5.57 Å². The Balaban J connectivity index is 1.49. The highest BCUT2D eigenvalue weighted by Crippen LogP contribution is 2.21. The average molecular weight is 358 g/mol. The Morgan fingerprint density at radius 3 is 2.42 bits per heavy atom. The van der Waals surface area contributed by atoms with Crippen LogP contribution in [-0.2, 0) is 9.53 Å². The zero-order chi connectivity index (χ0) is 18.4. The van der Waals surface area contributed by atoms with E-state index in [-0.39, 0.29) is 5.91 Å². The van der Waals surface area contributed by atoms with Crippen molar-refractivity contribution in [3.63, 3.8) is 0 Å². The van der Waals surface area contributed by atoms with E-state index in [0.717, 1.165) is 75.7 Å². The number of ether oxygens (including phenoxy) is 2. The van der Waals surface area contributed by atoms with Gasteiger partial charge in [-0.2, -0.15) is 0 Å². The number of benzene rings is 1. The van der Waals surface area contributed by atoms with Crippen molar-refractivity contribution in [3.8, 4) is 5.75 Å². The quantitative estimate of drug-likeness (QED) is 0.759. The number of allylic oxidation sites excluding steroid dienone is 1. The maximum atomic E-state index is 12.6. The van der Waals surface area contributed by atoms with Gasteiger partial charge in [-0.15, -0.1) is 0 Å². The maximum absolute atomic E-state index is 12.6. The topological polar surface area (TPSA) is 42.0 Å². The second-order valence-electron chi connectivity index (χ2n) is 7.24. The first kappa shape index (κ1) is 18.9. The molecule has 142 valence electrons. The van der Waals surface area contributed by atoms with Crippen LogP contribution in [0.3, 0.4) is 0 Å². The minimum atomic E-state index is 0.128. The number of carbonyl (C=O) groups is 1. The van der Waals surface area contributed by atoms with Crippen LogP contribution in [0.1, 0.15) is 25.3 Å². The lowest BCUT2D eigenvalue weighted by molar-refractivity contribution is -0.127. The summed E-state index contributed by atoms with van der Waals surface area (Å²) in [4.78, 5) is 17.1. The number of rotatable bonds is 5. The van der Waals surface area contributed by atoms with Gasteiger partial charge in [-0.3, -0.25) is 9.69 Å². The molecule has 0 radical (unpaired) electrons. The molecule has 1 aromatic carbocycles. The number of hydrogen-bond acceptors (Lipinski definition) is 4. The number of nitrogens with zero attached hydrogens (tertiary/aromatic N) is 2. The highest BCUT2D eigenvalue weighted by atomic mass is 16.5. The van der Waals surface area contributed by atoms with Crippen LogP contribution in [0.5, 0.6) is 5.75 Å². The van der Waals surface area contributed by atoms with Gasteiger partial charge >= 0.3 is 0 Å². The summed E-state index contributed by atoms with van der Waals surface area (Å²) in [6, 6.07) is 7.83. The fourth-order valence-electron chi connectivity index (χ4n) is 3.70. The van der Waals surface area contributed by atoms with E-state index in [1.54, 1.807) is 13.2 Å². The van der Waals surface area contributed by atoms with E-state index in [1.807, 2.05) is 36.1 Å². The van der Waals surface area contributed by atoms with E-state index in [1.165, 1.54) is 0 Å². The molecule has 5 heteroatoms. The summed E-state index contributed by atoms with van der Waals surface area (Å²) in [6.45, 7) is 8.66. The third kappa shape index (κ3) is 5.08. The Hall–Kier alpha value is -1.85. The highest BCUT2D eigenvalue weighted by Gasteiger charge is 2.24. The molecule has 0 N–H and O–H groups in total. The largest absolute Gasteiger partial charge is 0.497 e. The number of hydrogen-bond donors (Lipinski definition) is 0. The van der Waals surface area contributed by atoms with Gasteiger partial charge in [-0.05, 0) is 49.0 Å². The molecule has 1 aromatic rings. The Labute approximate surface area is 156 Å². The molecule has 0 spiro atoms. The van der Waals surface area contributed by atoms with Gasteiger partial charge in [0, 0.05) is 38.8 Å². The van der Waals surface area contributed by atoms with Crippen molar-refractivity contribution in [1.82, 2.24) is 9.80 Å². The first-order valence-electron chi connectivity index (χ1n) is 9.57. The van der Waals surface area contributed by atoms with E-state index < -0.39 is 0 Å². The lowest BCUT2D eigenvalue weighted by Crippen LogP contribution is -2.44. The van der Waals surface area contributed by atoms with Crippen LogP contribution in [-0.4, -0.2) is 68.8 Å². The van der Waals surface area contributed by atoms with Crippen LogP contribution in [0.2, 0.25) is 0 Å². The molecule has 2 fully saturated rings. The van der Waals surface area contributed by atoms with Crippen molar-refractivity contribution in [2.45, 2.75) is 19.8 Å². The Kier molecular flexibility index (Phi) is 6.69. The third-order valence-corrected chi connectivity index (χ3v) is 5.43. The summed E-state index contributed by atoms with van der Waals surface area (Å²) in [5.41, 5.74) is 2.05. The fourth-order valence-corrected chi connectivity index (χ4v) is 3.70. The van der Waals surface area contributed by atoms with E-state index in [4.69, 9.17) is 9.47 Å². The van der Waals surface area contributed by atoms with Gasteiger partial charge in [0.05, 0.1) is 20.3 Å². The lowest BCUT2D eigenvalue weighted by atomic mass is 9.95. The van der Waals surface area contributed by atoms with Gasteiger partial charge in [-0.25, -0.2) is 0 Å². The van der Waals surface area contributed by atoms with Gasteiger partial charge in [0.15, 0.2) is 0 Å². The first-order chi connectivity index (χ1) is 12.7. The number of methoxy groups -OCH3 is 1. The van der Waals surface area contributed by atoms with Crippen molar-refractivity contribution in [3.05, 3.63) is 35.9 Å². The summed E-state index contributed by atoms with van der Waals surface area (Å²) >= 11 is 0. The fraction of sp³-hybridized carbons (Fsp3) is 0.571. The molecular weight excluding hydrogens is 328 g/mol. The average Bonchev–Trinajstić information content (AvgIpc) is 2.69. The standard InChI is InChI=1S/C21H30N2O3/c1-17(19-3-5-20(25-2)6-4-19)15-21(24)23-9-7-18(8-10-23)16-22-11-13-26-14-12-22/h3-6,15,18H,7-14,16H2,1-2H3/b17-15+. The van der Waals surface area contributed by atoms with Gasteiger partial charge < -0.3 is 14.4 Å². The maximum Gasteiger partial charge on any atom is 0.246 e. The molecule has 0 unspecified atom stereocenters. The predicted octanol–water partition coefficient (Wildman–Crippen LogP) is 2.67. The minimum Gasteiger partial charge on any atom is -0.497 e. The number of amides is 1. The zero-order valence-electron chi connectivity index (χ0n) is 15.9. The van der Waals surface area contributed by atoms with Gasteiger partial charge in [0.25, 0.3) is 0 Å². The molecule has 2 aliphatic rings. The molecule has 0 saturated carbocycles. The molecule has 2 saturated heterocycles. The van der Waals surface area contributed by atoms with Gasteiger partial charge in [0.1, 0.15) is 5.75 Å². The van der Waals surface area contributed by atoms with Crippen molar-refractivity contribution < 1.29 is 14.3 Å². The summed E-state index contributed by atoms with van der Waals surface area (Å²) in [7, 11) is 1.66. The normalized spacial score (nSPS) is 20.2. The smallest absolute Gasteiger partial charge is 0.246 e. The van der Waals surface area contributed by atoms with Crippen LogP contribution in [0, 0.1) is 5.92 Å². The summed E-state index contributed by atoms with van der Waals surface area (Å²) in [5, 5.41) is 0. The van der Waals surface area contributed by atoms with Crippen molar-refractivity contribution in [2.75, 3.05) is 53.0 Å². The zero-order valence-corrected chi connectivity index (χ0v) is 15.9. The molecule has 0 aromatic heterocycles. The first-order valence-corrected chi connectivity index (χ1v) is 9.57. The highest BCUT2D eigenvalue weighted by molar-refractivity contribution is 5.94. The molecule has 5 nitrogen and oxygen atoms in total. The number of likely N-dealkylation sites (tertiary alicyclic amines) is 1. The number of carbonyl (C=O) groups excluding carboxylic acids is 1. The Morgan fingerprint density at radius 2 is 1.81 bits per heavy atom. The molecule has 3 rings (SSSR count). The summed E-state index contributed by atoms with van der Waals surface area (Å²) < 4.78 is 10.6. The lowest BCUT2D eigenvalue weighted by Gasteiger charge is -2.35. The van der Waals surface area contributed by atoms with E-state index >= 15 is 0 Å². The van der Waals surface area contributed by atoms with Crippen LogP contribution in [0.15, 0.2) is 30.3 Å². The molecule has 0 bridgehead atoms. The van der Waals surface area contributed by atoms with Gasteiger partial charge in [-0.1, -0.05) is 12.1 Å². The van der Waals surface area contributed by atoms with Crippen molar-refractivity contribution in [2.24, 2.45) is 5.92 Å².